The van der Waals surface area contributed by atoms with Crippen LogP contribution in [0, 0.1) is 5.92 Å². The first-order valence-electron chi connectivity index (χ1n) is 10.1. The molecule has 1 aliphatic heterocycles. The van der Waals surface area contributed by atoms with E-state index in [2.05, 4.69) is 4.74 Å². The van der Waals surface area contributed by atoms with Crippen molar-refractivity contribution in [3.63, 3.8) is 0 Å². The molecule has 0 atom stereocenters. The molecule has 1 fully saturated rings. The first-order valence-corrected chi connectivity index (χ1v) is 10.1. The molecule has 0 radical (unpaired) electrons. The summed E-state index contributed by atoms with van der Waals surface area (Å²) < 4.78 is 4.63. The minimum atomic E-state index is -0.258. The molecule has 154 valence electrons. The summed E-state index contributed by atoms with van der Waals surface area (Å²) in [5, 5.41) is 2.01. The lowest BCUT2D eigenvalue weighted by Crippen LogP contribution is -2.43. The molecule has 3 rings (SSSR count). The SMILES string of the molecule is COC(=O)CCCN(C)C(=O)C1CCN(C(=O)c2cccc3ccccc23)CC1. The molecule has 0 saturated carbocycles. The van der Waals surface area contributed by atoms with E-state index in [1.54, 1.807) is 11.9 Å². The number of likely N-dealkylation sites (tertiary alicyclic amines) is 1. The van der Waals surface area contributed by atoms with E-state index in [9.17, 15) is 14.4 Å². The Morgan fingerprint density at radius 2 is 1.76 bits per heavy atom. The zero-order chi connectivity index (χ0) is 20.8. The van der Waals surface area contributed by atoms with E-state index in [1.807, 2.05) is 47.4 Å². The maximum absolute atomic E-state index is 13.0. The Bertz CT molecular complexity index is 882. The number of nitrogens with zero attached hydrogens (tertiary/aromatic N) is 2. The minimum absolute atomic E-state index is 0.0270. The monoisotopic (exact) mass is 396 g/mol. The van der Waals surface area contributed by atoms with Gasteiger partial charge in [-0.3, -0.25) is 14.4 Å². The summed E-state index contributed by atoms with van der Waals surface area (Å²) in [5.74, 6) is -0.216. The van der Waals surface area contributed by atoms with Crippen LogP contribution in [-0.2, 0) is 14.3 Å². The highest BCUT2D eigenvalue weighted by molar-refractivity contribution is 6.07. The van der Waals surface area contributed by atoms with Gasteiger partial charge in [-0.2, -0.15) is 0 Å². The molecule has 0 spiro atoms. The first kappa shape index (κ1) is 20.8. The maximum atomic E-state index is 13.0. The Morgan fingerprint density at radius 3 is 2.48 bits per heavy atom. The molecular formula is C23H28N2O4. The van der Waals surface area contributed by atoms with E-state index in [4.69, 9.17) is 0 Å². The van der Waals surface area contributed by atoms with E-state index >= 15 is 0 Å². The molecule has 0 unspecified atom stereocenters. The van der Waals surface area contributed by atoms with Crippen molar-refractivity contribution in [2.24, 2.45) is 5.92 Å². The molecule has 0 aromatic heterocycles. The van der Waals surface area contributed by atoms with Gasteiger partial charge >= 0.3 is 5.97 Å². The number of methoxy groups -OCH3 is 1. The molecule has 0 bridgehead atoms. The van der Waals surface area contributed by atoms with Crippen molar-refractivity contribution in [1.82, 2.24) is 9.80 Å². The third-order valence-corrected chi connectivity index (χ3v) is 5.63. The Morgan fingerprint density at radius 1 is 1.07 bits per heavy atom. The van der Waals surface area contributed by atoms with Crippen LogP contribution in [0.15, 0.2) is 42.5 Å². The molecule has 1 heterocycles. The van der Waals surface area contributed by atoms with Crippen LogP contribution in [0.1, 0.15) is 36.0 Å². The van der Waals surface area contributed by atoms with Gasteiger partial charge in [0.25, 0.3) is 5.91 Å². The highest BCUT2D eigenvalue weighted by Crippen LogP contribution is 2.24. The summed E-state index contributed by atoms with van der Waals surface area (Å²) in [6, 6.07) is 13.7. The number of esters is 1. The van der Waals surface area contributed by atoms with Crippen molar-refractivity contribution in [2.75, 3.05) is 33.8 Å². The summed E-state index contributed by atoms with van der Waals surface area (Å²) in [4.78, 5) is 40.5. The van der Waals surface area contributed by atoms with Gasteiger partial charge in [-0.1, -0.05) is 36.4 Å². The third-order valence-electron chi connectivity index (χ3n) is 5.63. The lowest BCUT2D eigenvalue weighted by atomic mass is 9.94. The Balaban J connectivity index is 1.55. The Kier molecular flexibility index (Phi) is 6.86. The van der Waals surface area contributed by atoms with E-state index in [1.165, 1.54) is 7.11 Å². The number of carbonyl (C=O) groups is 3. The van der Waals surface area contributed by atoms with Gasteiger partial charge in [0.05, 0.1) is 7.11 Å². The van der Waals surface area contributed by atoms with Crippen LogP contribution < -0.4 is 0 Å². The number of hydrogen-bond donors (Lipinski definition) is 0. The lowest BCUT2D eigenvalue weighted by molar-refractivity contribution is -0.141. The van der Waals surface area contributed by atoms with Gasteiger partial charge in [-0.15, -0.1) is 0 Å². The van der Waals surface area contributed by atoms with Crippen molar-refractivity contribution in [1.29, 1.82) is 0 Å². The molecule has 29 heavy (non-hydrogen) atoms. The van der Waals surface area contributed by atoms with Gasteiger partial charge in [0.2, 0.25) is 5.91 Å². The predicted molar refractivity (Wildman–Crippen MR) is 111 cm³/mol. The average Bonchev–Trinajstić information content (AvgIpc) is 2.77. The summed E-state index contributed by atoms with van der Waals surface area (Å²) >= 11 is 0. The van der Waals surface area contributed by atoms with Gasteiger partial charge in [0.15, 0.2) is 0 Å². The number of hydrogen-bond acceptors (Lipinski definition) is 4. The number of amides is 2. The fourth-order valence-electron chi connectivity index (χ4n) is 3.90. The minimum Gasteiger partial charge on any atom is -0.469 e. The van der Waals surface area contributed by atoms with Gasteiger partial charge in [-0.05, 0) is 36.1 Å². The lowest BCUT2D eigenvalue weighted by Gasteiger charge is -2.33. The second kappa shape index (κ2) is 9.54. The van der Waals surface area contributed by atoms with E-state index in [-0.39, 0.29) is 23.7 Å². The summed E-state index contributed by atoms with van der Waals surface area (Å²) in [5.41, 5.74) is 0.716. The number of rotatable bonds is 6. The van der Waals surface area contributed by atoms with E-state index < -0.39 is 0 Å². The largest absolute Gasteiger partial charge is 0.469 e. The van der Waals surface area contributed by atoms with Gasteiger partial charge in [0.1, 0.15) is 0 Å². The van der Waals surface area contributed by atoms with E-state index in [0.717, 1.165) is 10.8 Å². The zero-order valence-corrected chi connectivity index (χ0v) is 17.1. The van der Waals surface area contributed by atoms with Crippen LogP contribution in [-0.4, -0.2) is 61.4 Å². The zero-order valence-electron chi connectivity index (χ0n) is 17.1. The second-order valence-corrected chi connectivity index (χ2v) is 7.53. The first-order chi connectivity index (χ1) is 14.0. The van der Waals surface area contributed by atoms with Crippen molar-refractivity contribution in [3.05, 3.63) is 48.0 Å². The molecule has 2 amide bonds. The van der Waals surface area contributed by atoms with Crippen LogP contribution in [0.5, 0.6) is 0 Å². The maximum Gasteiger partial charge on any atom is 0.305 e. The summed E-state index contributed by atoms with van der Waals surface area (Å²) in [7, 11) is 3.14. The second-order valence-electron chi connectivity index (χ2n) is 7.53. The normalized spacial score (nSPS) is 14.6. The molecule has 2 aromatic carbocycles. The molecule has 1 saturated heterocycles. The molecule has 0 aliphatic carbocycles. The Labute approximate surface area is 171 Å². The smallest absolute Gasteiger partial charge is 0.305 e. The van der Waals surface area contributed by atoms with Crippen molar-refractivity contribution >= 4 is 28.6 Å². The fraction of sp³-hybridized carbons (Fsp3) is 0.435. The van der Waals surface area contributed by atoms with Crippen LogP contribution in [0.2, 0.25) is 0 Å². The molecule has 1 aliphatic rings. The summed E-state index contributed by atoms with van der Waals surface area (Å²) in [6.07, 6.45) is 2.23. The van der Waals surface area contributed by atoms with Crippen LogP contribution in [0.25, 0.3) is 10.8 Å². The van der Waals surface area contributed by atoms with Crippen LogP contribution in [0.4, 0.5) is 0 Å². The molecule has 2 aromatic rings. The van der Waals surface area contributed by atoms with E-state index in [0.29, 0.717) is 50.9 Å². The standard InChI is InChI=1S/C23H28N2O4/c1-24(14-6-11-21(26)29-2)22(27)18-12-15-25(16-13-18)23(28)20-10-5-8-17-7-3-4-9-19(17)20/h3-5,7-10,18H,6,11-16H2,1-2H3. The number of carbonyl (C=O) groups excluding carboxylic acids is 3. The third kappa shape index (κ3) is 4.94. The number of piperidine rings is 1. The van der Waals surface area contributed by atoms with Gasteiger partial charge in [0, 0.05) is 44.6 Å². The van der Waals surface area contributed by atoms with Crippen molar-refractivity contribution < 1.29 is 19.1 Å². The molecular weight excluding hydrogens is 368 g/mol. The number of ether oxygens (including phenoxy) is 1. The topological polar surface area (TPSA) is 66.9 Å². The number of benzene rings is 2. The van der Waals surface area contributed by atoms with Crippen molar-refractivity contribution in [2.45, 2.75) is 25.7 Å². The number of fused-ring (bicyclic) bond motifs is 1. The average molecular weight is 396 g/mol. The molecule has 6 heteroatoms. The highest BCUT2D eigenvalue weighted by atomic mass is 16.5. The quantitative estimate of drug-likeness (QED) is 0.704. The summed E-state index contributed by atoms with van der Waals surface area (Å²) in [6.45, 7) is 1.69. The van der Waals surface area contributed by atoms with Gasteiger partial charge in [-0.25, -0.2) is 0 Å². The van der Waals surface area contributed by atoms with Crippen molar-refractivity contribution in [3.8, 4) is 0 Å². The molecule has 6 nitrogen and oxygen atoms in total. The Hall–Kier alpha value is -2.89. The fourth-order valence-corrected chi connectivity index (χ4v) is 3.90. The predicted octanol–water partition coefficient (Wildman–Crippen LogP) is 3.10. The van der Waals surface area contributed by atoms with Gasteiger partial charge < -0.3 is 14.5 Å². The molecule has 0 N–H and O–H groups in total. The van der Waals surface area contributed by atoms with Crippen LogP contribution in [0.3, 0.4) is 0 Å². The van der Waals surface area contributed by atoms with Crippen LogP contribution >= 0.6 is 0 Å². The highest BCUT2D eigenvalue weighted by Gasteiger charge is 2.29.